The lowest BCUT2D eigenvalue weighted by Crippen LogP contribution is -2.53. The molecule has 2 aliphatic rings. The van der Waals surface area contributed by atoms with Crippen molar-refractivity contribution in [2.45, 2.75) is 46.6 Å². The molecule has 0 aromatic carbocycles. The van der Waals surface area contributed by atoms with Crippen LogP contribution in [0.4, 0.5) is 0 Å². The molecule has 0 radical (unpaired) electrons. The Morgan fingerprint density at radius 2 is 2.06 bits per heavy atom. The summed E-state index contributed by atoms with van der Waals surface area (Å²) in [6.45, 7) is 9.84. The van der Waals surface area contributed by atoms with E-state index in [1.807, 2.05) is 20.8 Å². The molecule has 102 valence electrons. The first-order valence-corrected chi connectivity index (χ1v) is 6.95. The highest BCUT2D eigenvalue weighted by Gasteiger charge is 2.52. The van der Waals surface area contributed by atoms with Crippen LogP contribution >= 0.6 is 0 Å². The maximum atomic E-state index is 12.6. The molecule has 0 aliphatic carbocycles. The molecule has 2 amide bonds. The number of nitrogens with one attached hydrogen (secondary N) is 1. The van der Waals surface area contributed by atoms with E-state index >= 15 is 0 Å². The van der Waals surface area contributed by atoms with E-state index in [0.717, 1.165) is 19.5 Å². The molecule has 4 heteroatoms. The number of rotatable bonds is 2. The van der Waals surface area contributed by atoms with Crippen molar-refractivity contribution in [2.24, 2.45) is 17.3 Å². The van der Waals surface area contributed by atoms with Crippen LogP contribution in [0, 0.1) is 17.3 Å². The molecular formula is C14H24N2O2. The number of hydrogen-bond acceptors (Lipinski definition) is 3. The van der Waals surface area contributed by atoms with Gasteiger partial charge in [-0.25, -0.2) is 0 Å². The van der Waals surface area contributed by atoms with E-state index in [2.05, 4.69) is 12.2 Å². The smallest absolute Gasteiger partial charge is 0.236 e. The van der Waals surface area contributed by atoms with Crippen LogP contribution < -0.4 is 5.32 Å². The van der Waals surface area contributed by atoms with E-state index < -0.39 is 5.41 Å². The molecule has 0 aromatic rings. The van der Waals surface area contributed by atoms with Gasteiger partial charge in [0.05, 0.1) is 11.5 Å². The van der Waals surface area contributed by atoms with Crippen molar-refractivity contribution in [2.75, 3.05) is 13.1 Å². The summed E-state index contributed by atoms with van der Waals surface area (Å²) in [5, 5.41) is 3.29. The SMILES string of the molecule is CC1CCNCC1N1C(=O)CC(C)(C(C)C)C1=O. The highest BCUT2D eigenvalue weighted by Crippen LogP contribution is 2.41. The summed E-state index contributed by atoms with van der Waals surface area (Å²) in [6.07, 6.45) is 1.40. The summed E-state index contributed by atoms with van der Waals surface area (Å²) in [4.78, 5) is 26.4. The molecule has 3 unspecified atom stereocenters. The van der Waals surface area contributed by atoms with Crippen molar-refractivity contribution in [3.63, 3.8) is 0 Å². The van der Waals surface area contributed by atoms with Crippen LogP contribution in [-0.2, 0) is 9.59 Å². The maximum Gasteiger partial charge on any atom is 0.236 e. The minimum absolute atomic E-state index is 0.0109. The van der Waals surface area contributed by atoms with Gasteiger partial charge in [-0.05, 0) is 31.7 Å². The summed E-state index contributed by atoms with van der Waals surface area (Å²) in [7, 11) is 0. The molecule has 4 nitrogen and oxygen atoms in total. The van der Waals surface area contributed by atoms with Gasteiger partial charge in [0, 0.05) is 13.0 Å². The molecule has 0 spiro atoms. The third-order valence-corrected chi connectivity index (χ3v) is 4.89. The Morgan fingerprint density at radius 1 is 1.39 bits per heavy atom. The lowest BCUT2D eigenvalue weighted by molar-refractivity contribution is -0.146. The van der Waals surface area contributed by atoms with Crippen LogP contribution in [0.5, 0.6) is 0 Å². The Labute approximate surface area is 109 Å². The standard InChI is InChI=1S/C14H24N2O2/c1-9(2)14(4)7-12(17)16(13(14)18)11-8-15-6-5-10(11)3/h9-11,15H,5-8H2,1-4H3. The van der Waals surface area contributed by atoms with Crippen molar-refractivity contribution in [3.8, 4) is 0 Å². The number of carbonyl (C=O) groups excluding carboxylic acids is 2. The minimum Gasteiger partial charge on any atom is -0.315 e. The zero-order valence-corrected chi connectivity index (χ0v) is 11.8. The first-order valence-electron chi connectivity index (χ1n) is 6.95. The van der Waals surface area contributed by atoms with Gasteiger partial charge >= 0.3 is 0 Å². The van der Waals surface area contributed by atoms with Crippen molar-refractivity contribution in [3.05, 3.63) is 0 Å². The largest absolute Gasteiger partial charge is 0.315 e. The van der Waals surface area contributed by atoms with E-state index in [9.17, 15) is 9.59 Å². The van der Waals surface area contributed by atoms with Crippen molar-refractivity contribution >= 4 is 11.8 Å². The minimum atomic E-state index is -0.506. The second-order valence-electron chi connectivity index (χ2n) is 6.36. The number of hydrogen-bond donors (Lipinski definition) is 1. The van der Waals surface area contributed by atoms with Crippen LogP contribution in [0.3, 0.4) is 0 Å². The van der Waals surface area contributed by atoms with Gasteiger partial charge in [-0.2, -0.15) is 0 Å². The normalized spacial score (nSPS) is 37.7. The zero-order valence-electron chi connectivity index (χ0n) is 11.8. The Kier molecular flexibility index (Phi) is 3.49. The molecule has 2 rings (SSSR count). The van der Waals surface area contributed by atoms with Crippen molar-refractivity contribution in [1.82, 2.24) is 10.2 Å². The lowest BCUT2D eigenvalue weighted by Gasteiger charge is -2.36. The predicted molar refractivity (Wildman–Crippen MR) is 69.9 cm³/mol. The molecule has 1 N–H and O–H groups in total. The van der Waals surface area contributed by atoms with Gasteiger partial charge < -0.3 is 5.32 Å². The van der Waals surface area contributed by atoms with Crippen LogP contribution in [-0.4, -0.2) is 35.8 Å². The molecule has 2 aliphatic heterocycles. The van der Waals surface area contributed by atoms with E-state index in [1.165, 1.54) is 0 Å². The Bertz CT molecular complexity index is 367. The molecule has 3 atom stereocenters. The summed E-state index contributed by atoms with van der Waals surface area (Å²) < 4.78 is 0. The third kappa shape index (κ3) is 1.96. The monoisotopic (exact) mass is 252 g/mol. The van der Waals surface area contributed by atoms with Gasteiger partial charge in [0.1, 0.15) is 0 Å². The average Bonchev–Trinajstić information content (AvgIpc) is 2.53. The molecular weight excluding hydrogens is 228 g/mol. The molecule has 18 heavy (non-hydrogen) atoms. The molecule has 0 bridgehead atoms. The van der Waals surface area contributed by atoms with Gasteiger partial charge in [-0.3, -0.25) is 14.5 Å². The van der Waals surface area contributed by atoms with E-state index in [0.29, 0.717) is 12.3 Å². The predicted octanol–water partition coefficient (Wildman–Crippen LogP) is 1.41. The third-order valence-electron chi connectivity index (χ3n) is 4.89. The molecule has 2 saturated heterocycles. The van der Waals surface area contributed by atoms with Gasteiger partial charge in [0.15, 0.2) is 0 Å². The number of likely N-dealkylation sites (tertiary alicyclic amines) is 1. The van der Waals surface area contributed by atoms with Gasteiger partial charge in [0.25, 0.3) is 0 Å². The maximum absolute atomic E-state index is 12.6. The van der Waals surface area contributed by atoms with Crippen LogP contribution in [0.2, 0.25) is 0 Å². The van der Waals surface area contributed by atoms with Crippen molar-refractivity contribution < 1.29 is 9.59 Å². The first-order chi connectivity index (χ1) is 8.38. The summed E-state index contributed by atoms with van der Waals surface area (Å²) >= 11 is 0. The van der Waals surface area contributed by atoms with E-state index in [-0.39, 0.29) is 23.8 Å². The summed E-state index contributed by atoms with van der Waals surface area (Å²) in [5.74, 6) is 0.638. The highest BCUT2D eigenvalue weighted by atomic mass is 16.2. The molecule has 0 saturated carbocycles. The van der Waals surface area contributed by atoms with Crippen LogP contribution in [0.15, 0.2) is 0 Å². The van der Waals surface area contributed by atoms with Crippen LogP contribution in [0.1, 0.15) is 40.5 Å². The number of piperidine rings is 1. The second kappa shape index (κ2) is 4.65. The van der Waals surface area contributed by atoms with Crippen molar-refractivity contribution in [1.29, 1.82) is 0 Å². The first kappa shape index (κ1) is 13.5. The summed E-state index contributed by atoms with van der Waals surface area (Å²) in [5.41, 5.74) is -0.506. The van der Waals surface area contributed by atoms with Gasteiger partial charge in [-0.15, -0.1) is 0 Å². The number of imide groups is 1. The Balaban J connectivity index is 2.24. The number of carbonyl (C=O) groups is 2. The lowest BCUT2D eigenvalue weighted by atomic mass is 9.77. The fourth-order valence-corrected chi connectivity index (χ4v) is 2.97. The second-order valence-corrected chi connectivity index (χ2v) is 6.36. The summed E-state index contributed by atoms with van der Waals surface area (Å²) in [6, 6.07) is 0.0410. The Hall–Kier alpha value is -0.900. The van der Waals surface area contributed by atoms with Gasteiger partial charge in [0.2, 0.25) is 11.8 Å². The van der Waals surface area contributed by atoms with Gasteiger partial charge in [-0.1, -0.05) is 20.8 Å². The quantitative estimate of drug-likeness (QED) is 0.756. The molecule has 2 fully saturated rings. The fraction of sp³-hybridized carbons (Fsp3) is 0.857. The average molecular weight is 252 g/mol. The fourth-order valence-electron chi connectivity index (χ4n) is 2.97. The topological polar surface area (TPSA) is 49.4 Å². The van der Waals surface area contributed by atoms with Crippen LogP contribution in [0.25, 0.3) is 0 Å². The molecule has 2 heterocycles. The van der Waals surface area contributed by atoms with E-state index in [4.69, 9.17) is 0 Å². The molecule has 0 aromatic heterocycles. The number of amides is 2. The zero-order chi connectivity index (χ0) is 13.5. The Morgan fingerprint density at radius 3 is 2.56 bits per heavy atom. The van der Waals surface area contributed by atoms with E-state index in [1.54, 1.807) is 4.90 Å². The highest BCUT2D eigenvalue weighted by molar-refractivity contribution is 6.06. The number of nitrogens with zero attached hydrogens (tertiary/aromatic N) is 1.